The van der Waals surface area contributed by atoms with Crippen LogP contribution in [0.15, 0.2) is 18.2 Å². The molecule has 0 saturated heterocycles. The molecule has 0 spiro atoms. The van der Waals surface area contributed by atoms with E-state index in [9.17, 15) is 22.4 Å². The summed E-state index contributed by atoms with van der Waals surface area (Å²) in [7, 11) is 0. The number of carbonyl (C=O) groups is 1. The van der Waals surface area contributed by atoms with Crippen molar-refractivity contribution in [1.29, 1.82) is 0 Å². The lowest BCUT2D eigenvalue weighted by molar-refractivity contribution is -0.216. The molecule has 0 amide bonds. The minimum Gasteiger partial charge on any atom is -0.492 e. The van der Waals surface area contributed by atoms with Crippen molar-refractivity contribution in [3.63, 3.8) is 0 Å². The molecule has 1 aromatic carbocycles. The number of alkyl halides is 3. The van der Waals surface area contributed by atoms with E-state index < -0.39 is 29.1 Å². The lowest BCUT2D eigenvalue weighted by Gasteiger charge is -2.33. The van der Waals surface area contributed by atoms with Crippen LogP contribution in [0.25, 0.3) is 0 Å². The summed E-state index contributed by atoms with van der Waals surface area (Å²) in [5, 5.41) is 0. The molecule has 110 valence electrons. The number of ketones is 1. The van der Waals surface area contributed by atoms with E-state index in [1.54, 1.807) is 0 Å². The standard InChI is InChI=1S/C14H14F4O2/c1-13(2,14(16,17)18)6-8-7-20-11-4-3-9(15)5-10(11)12(8)19/h3-5,8H,6-7H2,1-2H3. The second-order valence-corrected chi connectivity index (χ2v) is 5.60. The zero-order chi connectivity index (χ0) is 15.1. The number of benzene rings is 1. The third kappa shape index (κ3) is 2.64. The maximum Gasteiger partial charge on any atom is 0.394 e. The van der Waals surface area contributed by atoms with Gasteiger partial charge in [-0.05, 0) is 24.6 Å². The second-order valence-electron chi connectivity index (χ2n) is 5.60. The Kier molecular flexibility index (Phi) is 3.52. The first-order chi connectivity index (χ1) is 9.12. The summed E-state index contributed by atoms with van der Waals surface area (Å²) in [5.74, 6) is -1.81. The molecule has 0 radical (unpaired) electrons. The highest BCUT2D eigenvalue weighted by Crippen LogP contribution is 2.44. The summed E-state index contributed by atoms with van der Waals surface area (Å²) in [5.41, 5.74) is -1.99. The molecule has 1 aromatic rings. The highest BCUT2D eigenvalue weighted by molar-refractivity contribution is 6.01. The first-order valence-corrected chi connectivity index (χ1v) is 6.15. The molecular weight excluding hydrogens is 276 g/mol. The van der Waals surface area contributed by atoms with Gasteiger partial charge in [0, 0.05) is 0 Å². The van der Waals surface area contributed by atoms with Gasteiger partial charge in [-0.15, -0.1) is 0 Å². The highest BCUT2D eigenvalue weighted by Gasteiger charge is 2.49. The zero-order valence-corrected chi connectivity index (χ0v) is 11.1. The fourth-order valence-corrected chi connectivity index (χ4v) is 2.19. The number of ether oxygens (including phenoxy) is 1. The van der Waals surface area contributed by atoms with Crippen molar-refractivity contribution >= 4 is 5.78 Å². The van der Waals surface area contributed by atoms with Crippen molar-refractivity contribution in [3.05, 3.63) is 29.6 Å². The van der Waals surface area contributed by atoms with Crippen LogP contribution < -0.4 is 4.74 Å². The van der Waals surface area contributed by atoms with Gasteiger partial charge in [0.15, 0.2) is 5.78 Å². The van der Waals surface area contributed by atoms with Crippen molar-refractivity contribution in [2.45, 2.75) is 26.4 Å². The predicted molar refractivity (Wildman–Crippen MR) is 64.2 cm³/mol. The van der Waals surface area contributed by atoms with Crippen LogP contribution in [0.5, 0.6) is 5.75 Å². The van der Waals surface area contributed by atoms with E-state index in [1.807, 2.05) is 0 Å². The van der Waals surface area contributed by atoms with E-state index >= 15 is 0 Å². The SMILES string of the molecule is CC(C)(CC1COc2ccc(F)cc2C1=O)C(F)(F)F. The summed E-state index contributed by atoms with van der Waals surface area (Å²) >= 11 is 0. The van der Waals surface area contributed by atoms with Crippen LogP contribution in [0.4, 0.5) is 17.6 Å². The van der Waals surface area contributed by atoms with Gasteiger partial charge in [-0.2, -0.15) is 13.2 Å². The van der Waals surface area contributed by atoms with E-state index in [-0.39, 0.29) is 24.3 Å². The van der Waals surface area contributed by atoms with Gasteiger partial charge in [-0.25, -0.2) is 4.39 Å². The van der Waals surface area contributed by atoms with Crippen LogP contribution >= 0.6 is 0 Å². The van der Waals surface area contributed by atoms with Gasteiger partial charge in [0.05, 0.1) is 23.5 Å². The molecule has 0 aromatic heterocycles. The molecule has 1 heterocycles. The maximum atomic E-state index is 13.1. The fourth-order valence-electron chi connectivity index (χ4n) is 2.19. The highest BCUT2D eigenvalue weighted by atomic mass is 19.4. The molecule has 1 unspecified atom stereocenters. The maximum absolute atomic E-state index is 13.1. The van der Waals surface area contributed by atoms with Gasteiger partial charge in [-0.1, -0.05) is 13.8 Å². The van der Waals surface area contributed by atoms with Crippen LogP contribution in [-0.4, -0.2) is 18.6 Å². The van der Waals surface area contributed by atoms with Crippen molar-refractivity contribution in [2.75, 3.05) is 6.61 Å². The average molecular weight is 290 g/mol. The van der Waals surface area contributed by atoms with Gasteiger partial charge in [0.25, 0.3) is 0 Å². The number of halogens is 4. The van der Waals surface area contributed by atoms with Gasteiger partial charge in [-0.3, -0.25) is 4.79 Å². The Morgan fingerprint density at radius 3 is 2.55 bits per heavy atom. The lowest BCUT2D eigenvalue weighted by atomic mass is 9.78. The van der Waals surface area contributed by atoms with E-state index in [0.717, 1.165) is 26.0 Å². The summed E-state index contributed by atoms with van der Waals surface area (Å²) in [6.45, 7) is 1.97. The molecule has 0 bridgehead atoms. The Balaban J connectivity index is 2.24. The van der Waals surface area contributed by atoms with Crippen LogP contribution in [0.2, 0.25) is 0 Å². The van der Waals surface area contributed by atoms with E-state index in [4.69, 9.17) is 4.74 Å². The Labute approximate surface area is 113 Å². The topological polar surface area (TPSA) is 26.3 Å². The largest absolute Gasteiger partial charge is 0.492 e. The fraction of sp³-hybridized carbons (Fsp3) is 0.500. The van der Waals surface area contributed by atoms with Gasteiger partial charge < -0.3 is 4.74 Å². The summed E-state index contributed by atoms with van der Waals surface area (Å²) in [4.78, 5) is 12.2. The lowest BCUT2D eigenvalue weighted by Crippen LogP contribution is -2.39. The van der Waals surface area contributed by atoms with Crippen molar-refractivity contribution < 1.29 is 27.1 Å². The predicted octanol–water partition coefficient (Wildman–Crippen LogP) is 4.00. The van der Waals surface area contributed by atoms with Crippen LogP contribution in [-0.2, 0) is 0 Å². The van der Waals surface area contributed by atoms with Crippen molar-refractivity contribution in [3.8, 4) is 5.75 Å². The number of Topliss-reactive ketones (excluding diaryl/α,β-unsaturated/α-hetero) is 1. The molecule has 0 saturated carbocycles. The smallest absolute Gasteiger partial charge is 0.394 e. The first-order valence-electron chi connectivity index (χ1n) is 6.15. The Morgan fingerprint density at radius 1 is 1.30 bits per heavy atom. The Bertz CT molecular complexity index is 534. The monoisotopic (exact) mass is 290 g/mol. The van der Waals surface area contributed by atoms with Gasteiger partial charge in [0.2, 0.25) is 0 Å². The van der Waals surface area contributed by atoms with E-state index in [1.165, 1.54) is 6.07 Å². The number of hydrogen-bond acceptors (Lipinski definition) is 2. The molecule has 0 fully saturated rings. The minimum absolute atomic E-state index is 0.0132. The number of hydrogen-bond donors (Lipinski definition) is 0. The number of fused-ring (bicyclic) bond motifs is 1. The van der Waals surface area contributed by atoms with Crippen LogP contribution in [0, 0.1) is 17.2 Å². The normalized spacial score (nSPS) is 19.5. The summed E-state index contributed by atoms with van der Waals surface area (Å²) in [6, 6.07) is 3.46. The molecule has 1 aliphatic rings. The van der Waals surface area contributed by atoms with Crippen LogP contribution in [0.3, 0.4) is 0 Å². The molecule has 2 nitrogen and oxygen atoms in total. The molecule has 6 heteroatoms. The molecule has 0 N–H and O–H groups in total. The number of carbonyl (C=O) groups excluding carboxylic acids is 1. The molecule has 2 rings (SSSR count). The average Bonchev–Trinajstić information content (AvgIpc) is 2.32. The summed E-state index contributed by atoms with van der Waals surface area (Å²) < 4.78 is 57.0. The van der Waals surface area contributed by atoms with Crippen molar-refractivity contribution in [1.82, 2.24) is 0 Å². The third-order valence-electron chi connectivity index (χ3n) is 3.54. The van der Waals surface area contributed by atoms with E-state index in [0.29, 0.717) is 0 Å². The first kappa shape index (κ1) is 14.8. The van der Waals surface area contributed by atoms with Gasteiger partial charge >= 0.3 is 6.18 Å². The van der Waals surface area contributed by atoms with Crippen LogP contribution in [0.1, 0.15) is 30.6 Å². The zero-order valence-electron chi connectivity index (χ0n) is 11.1. The third-order valence-corrected chi connectivity index (χ3v) is 3.54. The quantitative estimate of drug-likeness (QED) is 0.770. The Hall–Kier alpha value is -1.59. The molecular formula is C14H14F4O2. The Morgan fingerprint density at radius 2 is 1.95 bits per heavy atom. The van der Waals surface area contributed by atoms with E-state index in [2.05, 4.69) is 0 Å². The van der Waals surface area contributed by atoms with Gasteiger partial charge in [0.1, 0.15) is 11.6 Å². The molecule has 20 heavy (non-hydrogen) atoms. The molecule has 1 aliphatic heterocycles. The molecule has 1 atom stereocenters. The molecule has 0 aliphatic carbocycles. The second kappa shape index (κ2) is 4.75. The minimum atomic E-state index is -4.41. The number of rotatable bonds is 2. The van der Waals surface area contributed by atoms with Crippen molar-refractivity contribution in [2.24, 2.45) is 11.3 Å². The summed E-state index contributed by atoms with van der Waals surface area (Å²) in [6.07, 6.45) is -4.79.